The Kier molecular flexibility index (Phi) is 4.03. The molecule has 0 unspecified atom stereocenters. The molecular weight excluding hydrogens is 268 g/mol. The second-order valence-corrected chi connectivity index (χ2v) is 5.91. The Hall–Kier alpha value is -1.64. The highest BCUT2D eigenvalue weighted by Gasteiger charge is 2.16. The average molecular weight is 284 g/mol. The lowest BCUT2D eigenvalue weighted by Crippen LogP contribution is -2.23. The van der Waals surface area contributed by atoms with Gasteiger partial charge in [-0.3, -0.25) is 0 Å². The largest absolute Gasteiger partial charge is 0.363 e. The number of H-pyrrole nitrogens is 1. The molecule has 3 N–H and O–H groups in total. The lowest BCUT2D eigenvalue weighted by molar-refractivity contribution is 0.390. The van der Waals surface area contributed by atoms with Gasteiger partial charge in [-0.05, 0) is 20.0 Å². The maximum Gasteiger partial charge on any atom is 0.242 e. The number of aromatic amines is 1. The van der Waals surface area contributed by atoms with Crippen LogP contribution in [0.25, 0.3) is 0 Å². The molecule has 0 spiro atoms. The number of hydrogen-bond acceptors (Lipinski definition) is 5. The smallest absolute Gasteiger partial charge is 0.242 e. The molecular formula is C11H16N4O3S. The van der Waals surface area contributed by atoms with Gasteiger partial charge in [-0.1, -0.05) is 5.16 Å². The van der Waals surface area contributed by atoms with Gasteiger partial charge < -0.3 is 14.8 Å². The Balaban J connectivity index is 2.04. The van der Waals surface area contributed by atoms with E-state index in [4.69, 9.17) is 4.52 Å². The Labute approximate surface area is 111 Å². The minimum absolute atomic E-state index is 0.103. The predicted molar refractivity (Wildman–Crippen MR) is 68.8 cm³/mol. The second kappa shape index (κ2) is 5.55. The molecule has 0 saturated carbocycles. The standard InChI is InChI=1S/C11H16N4O3S/c1-8-3-10(15-18-8)6-14-19(16,17)11-4-9(5-12-2)13-7-11/h3-4,7,12-14H,5-6H2,1-2H3. The van der Waals surface area contributed by atoms with Gasteiger partial charge in [-0.15, -0.1) is 0 Å². The molecule has 2 aromatic rings. The van der Waals surface area contributed by atoms with E-state index in [9.17, 15) is 8.42 Å². The molecule has 7 nitrogen and oxygen atoms in total. The van der Waals surface area contributed by atoms with Crippen LogP contribution in [0.4, 0.5) is 0 Å². The van der Waals surface area contributed by atoms with E-state index in [1.54, 1.807) is 26.1 Å². The molecule has 0 amide bonds. The van der Waals surface area contributed by atoms with Crippen molar-refractivity contribution in [2.75, 3.05) is 7.05 Å². The van der Waals surface area contributed by atoms with Crippen molar-refractivity contribution in [3.63, 3.8) is 0 Å². The average Bonchev–Trinajstić information content (AvgIpc) is 2.97. The number of rotatable bonds is 6. The van der Waals surface area contributed by atoms with Gasteiger partial charge in [0.15, 0.2) is 0 Å². The van der Waals surface area contributed by atoms with E-state index >= 15 is 0 Å². The summed E-state index contributed by atoms with van der Waals surface area (Å²) in [5.74, 6) is 0.646. The van der Waals surface area contributed by atoms with Crippen LogP contribution in [0.3, 0.4) is 0 Å². The predicted octanol–water partition coefficient (Wildman–Crippen LogP) is 0.509. The first kappa shape index (κ1) is 13.8. The molecule has 0 aliphatic heterocycles. The molecule has 0 bridgehead atoms. The van der Waals surface area contributed by atoms with Crippen LogP contribution in [0.2, 0.25) is 0 Å². The summed E-state index contributed by atoms with van der Waals surface area (Å²) in [4.78, 5) is 3.11. The normalized spacial score (nSPS) is 11.9. The van der Waals surface area contributed by atoms with E-state index < -0.39 is 10.0 Å². The van der Waals surface area contributed by atoms with Crippen molar-refractivity contribution in [2.24, 2.45) is 0 Å². The summed E-state index contributed by atoms with van der Waals surface area (Å²) in [7, 11) is -1.75. The molecule has 8 heteroatoms. The highest BCUT2D eigenvalue weighted by Crippen LogP contribution is 2.11. The molecule has 0 atom stereocenters. The molecule has 0 aliphatic carbocycles. The van der Waals surface area contributed by atoms with E-state index in [1.807, 2.05) is 0 Å². The van der Waals surface area contributed by atoms with Crippen molar-refractivity contribution in [1.82, 2.24) is 20.2 Å². The van der Waals surface area contributed by atoms with Crippen molar-refractivity contribution in [1.29, 1.82) is 0 Å². The molecule has 0 radical (unpaired) electrons. The first-order valence-corrected chi connectivity index (χ1v) is 7.23. The highest BCUT2D eigenvalue weighted by atomic mass is 32.2. The van der Waals surface area contributed by atoms with Crippen LogP contribution in [-0.2, 0) is 23.1 Å². The van der Waals surface area contributed by atoms with Crippen LogP contribution < -0.4 is 10.0 Å². The molecule has 104 valence electrons. The van der Waals surface area contributed by atoms with Crippen LogP contribution in [0, 0.1) is 6.92 Å². The van der Waals surface area contributed by atoms with Gasteiger partial charge in [0.25, 0.3) is 0 Å². The maximum atomic E-state index is 12.0. The fraction of sp³-hybridized carbons (Fsp3) is 0.364. The summed E-state index contributed by atoms with van der Waals surface area (Å²) in [6, 6.07) is 3.28. The lowest BCUT2D eigenvalue weighted by atomic mass is 10.4. The van der Waals surface area contributed by atoms with Crippen LogP contribution in [-0.4, -0.2) is 25.6 Å². The van der Waals surface area contributed by atoms with Crippen LogP contribution in [0.15, 0.2) is 27.7 Å². The fourth-order valence-corrected chi connectivity index (χ4v) is 2.64. The summed E-state index contributed by atoms with van der Waals surface area (Å²) in [6.45, 7) is 2.44. The summed E-state index contributed by atoms with van der Waals surface area (Å²) in [5.41, 5.74) is 1.35. The third-order valence-electron chi connectivity index (χ3n) is 2.51. The minimum Gasteiger partial charge on any atom is -0.363 e. The Morgan fingerprint density at radius 1 is 1.37 bits per heavy atom. The molecule has 19 heavy (non-hydrogen) atoms. The topological polar surface area (TPSA) is 100 Å². The third kappa shape index (κ3) is 3.43. The zero-order valence-corrected chi connectivity index (χ0v) is 11.5. The number of sulfonamides is 1. The number of nitrogens with zero attached hydrogens (tertiary/aromatic N) is 1. The van der Waals surface area contributed by atoms with Gasteiger partial charge in [0, 0.05) is 24.5 Å². The van der Waals surface area contributed by atoms with E-state index in [1.165, 1.54) is 6.20 Å². The third-order valence-corrected chi connectivity index (χ3v) is 3.89. The molecule has 2 heterocycles. The van der Waals surface area contributed by atoms with Crippen LogP contribution in [0.5, 0.6) is 0 Å². The zero-order chi connectivity index (χ0) is 13.9. The fourth-order valence-electron chi connectivity index (χ4n) is 1.62. The van der Waals surface area contributed by atoms with Crippen molar-refractivity contribution in [3.8, 4) is 0 Å². The summed E-state index contributed by atoms with van der Waals surface area (Å²) in [6.07, 6.45) is 1.46. The van der Waals surface area contributed by atoms with Crippen molar-refractivity contribution in [3.05, 3.63) is 35.5 Å². The first-order valence-electron chi connectivity index (χ1n) is 5.75. The van der Waals surface area contributed by atoms with Crippen LogP contribution in [0.1, 0.15) is 17.1 Å². The Bertz CT molecular complexity index is 644. The lowest BCUT2D eigenvalue weighted by Gasteiger charge is -2.01. The SMILES string of the molecule is CNCc1cc(S(=O)(=O)NCc2cc(C)on2)c[nH]1. The minimum atomic E-state index is -3.54. The Morgan fingerprint density at radius 2 is 2.16 bits per heavy atom. The monoisotopic (exact) mass is 284 g/mol. The van der Waals surface area contributed by atoms with Crippen molar-refractivity contribution >= 4 is 10.0 Å². The molecule has 0 aromatic carbocycles. The van der Waals surface area contributed by atoms with Gasteiger partial charge in [-0.2, -0.15) is 0 Å². The van der Waals surface area contributed by atoms with Gasteiger partial charge in [0.1, 0.15) is 5.76 Å². The number of aromatic nitrogens is 2. The highest BCUT2D eigenvalue weighted by molar-refractivity contribution is 7.89. The maximum absolute atomic E-state index is 12.0. The summed E-state index contributed by atoms with van der Waals surface area (Å²) < 4.78 is 31.4. The summed E-state index contributed by atoms with van der Waals surface area (Å²) >= 11 is 0. The van der Waals surface area contributed by atoms with E-state index in [2.05, 4.69) is 20.2 Å². The van der Waals surface area contributed by atoms with E-state index in [-0.39, 0.29) is 11.4 Å². The molecule has 0 saturated heterocycles. The first-order chi connectivity index (χ1) is 9.01. The summed E-state index contributed by atoms with van der Waals surface area (Å²) in [5, 5.41) is 6.67. The zero-order valence-electron chi connectivity index (χ0n) is 10.7. The van der Waals surface area contributed by atoms with Gasteiger partial charge in [-0.25, -0.2) is 13.1 Å². The number of aryl methyl sites for hydroxylation is 1. The number of hydrogen-bond donors (Lipinski definition) is 3. The molecule has 0 fully saturated rings. The van der Waals surface area contributed by atoms with Crippen molar-refractivity contribution < 1.29 is 12.9 Å². The van der Waals surface area contributed by atoms with Gasteiger partial charge >= 0.3 is 0 Å². The quantitative estimate of drug-likeness (QED) is 0.717. The van der Waals surface area contributed by atoms with Gasteiger partial charge in [0.2, 0.25) is 10.0 Å². The molecule has 0 aliphatic rings. The van der Waals surface area contributed by atoms with Gasteiger partial charge in [0.05, 0.1) is 17.1 Å². The van der Waals surface area contributed by atoms with E-state index in [0.717, 1.165) is 5.69 Å². The Morgan fingerprint density at radius 3 is 2.79 bits per heavy atom. The van der Waals surface area contributed by atoms with Crippen molar-refractivity contribution in [2.45, 2.75) is 24.9 Å². The number of nitrogens with one attached hydrogen (secondary N) is 3. The van der Waals surface area contributed by atoms with Crippen LogP contribution >= 0.6 is 0 Å². The van der Waals surface area contributed by atoms with E-state index in [0.29, 0.717) is 18.0 Å². The molecule has 2 rings (SSSR count). The second-order valence-electron chi connectivity index (χ2n) is 4.14. The molecule has 2 aromatic heterocycles.